The minimum absolute atomic E-state index is 0.0615. The summed E-state index contributed by atoms with van der Waals surface area (Å²) in [5.74, 6) is -0.0175. The van der Waals surface area contributed by atoms with Crippen LogP contribution in [0.1, 0.15) is 5.82 Å². The smallest absolute Gasteiger partial charge is 0.423 e. The number of carbonyl (C=O) groups excluding carboxylic acids is 1. The molecule has 0 aliphatic heterocycles. The molecule has 0 radical (unpaired) electrons. The number of hydrogen-bond acceptors (Lipinski definition) is 8. The molecule has 2 rings (SSSR count). The van der Waals surface area contributed by atoms with Gasteiger partial charge in [-0.05, 0) is 17.1 Å². The lowest BCUT2D eigenvalue weighted by Crippen LogP contribution is -2.12. The summed E-state index contributed by atoms with van der Waals surface area (Å²) in [6.07, 6.45) is -0.0233. The van der Waals surface area contributed by atoms with E-state index in [0.29, 0.717) is 0 Å². The van der Waals surface area contributed by atoms with E-state index in [1.165, 1.54) is 35.9 Å². The van der Waals surface area contributed by atoms with Crippen LogP contribution in [0.4, 0.5) is 16.3 Å². The molecule has 1 aromatic carbocycles. The summed E-state index contributed by atoms with van der Waals surface area (Å²) in [7, 11) is 1.41. The average molecular weight is 322 g/mol. The fraction of sp³-hybridized carbons (Fsp3) is 0.167. The van der Waals surface area contributed by atoms with Gasteiger partial charge in [-0.3, -0.25) is 10.1 Å². The average Bonchev–Trinajstić information content (AvgIpc) is 2.87. The second-order valence-electron chi connectivity index (χ2n) is 4.24. The van der Waals surface area contributed by atoms with Crippen molar-refractivity contribution in [1.29, 1.82) is 0 Å². The summed E-state index contributed by atoms with van der Waals surface area (Å²) in [5, 5.41) is 21.1. The molecule has 2 aromatic rings. The van der Waals surface area contributed by atoms with Crippen LogP contribution in [0.25, 0.3) is 0 Å². The van der Waals surface area contributed by atoms with E-state index >= 15 is 0 Å². The fourth-order valence-electron chi connectivity index (χ4n) is 1.63. The molecule has 120 valence electrons. The Balaban J connectivity index is 1.92. The van der Waals surface area contributed by atoms with Gasteiger partial charge in [0.2, 0.25) is 5.82 Å². The lowest BCUT2D eigenvalue weighted by atomic mass is 10.3. The molecule has 1 aromatic heterocycles. The monoisotopic (exact) mass is 322 g/mol. The summed E-state index contributed by atoms with van der Waals surface area (Å²) in [6.45, 7) is -0.323. The van der Waals surface area contributed by atoms with Gasteiger partial charge in [0, 0.05) is 12.1 Å². The number of rotatable bonds is 5. The van der Waals surface area contributed by atoms with Gasteiger partial charge >= 0.3 is 12.0 Å². The van der Waals surface area contributed by atoms with Gasteiger partial charge in [-0.2, -0.15) is 0 Å². The molecular formula is C12H10N4O7. The van der Waals surface area contributed by atoms with Gasteiger partial charge in [-0.1, -0.05) is 0 Å². The van der Waals surface area contributed by atoms with E-state index in [2.05, 4.69) is 4.98 Å². The maximum absolute atomic E-state index is 11.5. The number of aromatic nitrogens is 2. The highest BCUT2D eigenvalue weighted by Gasteiger charge is 2.18. The van der Waals surface area contributed by atoms with E-state index in [-0.39, 0.29) is 29.7 Å². The highest BCUT2D eigenvalue weighted by molar-refractivity contribution is 5.63. The predicted octanol–water partition coefficient (Wildman–Crippen LogP) is 1.95. The molecule has 0 spiro atoms. The second-order valence-corrected chi connectivity index (χ2v) is 4.24. The molecule has 1 heterocycles. The van der Waals surface area contributed by atoms with Crippen LogP contribution in [0.15, 0.2) is 30.5 Å². The molecule has 0 bridgehead atoms. The third-order valence-electron chi connectivity index (χ3n) is 2.81. The molecule has 0 saturated heterocycles. The Hall–Kier alpha value is -3.50. The highest BCUT2D eigenvalue weighted by Crippen LogP contribution is 2.18. The Morgan fingerprint density at radius 3 is 2.39 bits per heavy atom. The number of imidazole rings is 1. The molecule has 0 aliphatic carbocycles. The first kappa shape index (κ1) is 15.9. The molecule has 0 unspecified atom stereocenters. The number of non-ortho nitro benzene ring substituents is 1. The number of nitro groups is 2. The van der Waals surface area contributed by atoms with E-state index in [4.69, 9.17) is 9.47 Å². The van der Waals surface area contributed by atoms with Crippen molar-refractivity contribution in [2.45, 2.75) is 6.61 Å². The maximum Gasteiger partial charge on any atom is 0.514 e. The van der Waals surface area contributed by atoms with Crippen LogP contribution in [-0.4, -0.2) is 25.6 Å². The zero-order chi connectivity index (χ0) is 17.0. The van der Waals surface area contributed by atoms with Crippen LogP contribution in [0.5, 0.6) is 5.75 Å². The van der Waals surface area contributed by atoms with Crippen molar-refractivity contribution in [3.63, 3.8) is 0 Å². The van der Waals surface area contributed by atoms with Crippen molar-refractivity contribution in [2.24, 2.45) is 7.05 Å². The van der Waals surface area contributed by atoms with Gasteiger partial charge in [0.1, 0.15) is 11.9 Å². The zero-order valence-electron chi connectivity index (χ0n) is 11.7. The zero-order valence-corrected chi connectivity index (χ0v) is 11.7. The Morgan fingerprint density at radius 2 is 1.87 bits per heavy atom. The van der Waals surface area contributed by atoms with Gasteiger partial charge in [0.15, 0.2) is 6.61 Å². The van der Waals surface area contributed by atoms with Crippen molar-refractivity contribution in [3.05, 3.63) is 56.5 Å². The summed E-state index contributed by atoms with van der Waals surface area (Å²) < 4.78 is 10.8. The standard InChI is InChI=1S/C12H10N4O7/c1-14-10(13-6-11(14)16(20)21)7-22-12(17)23-9-4-2-8(3-5-9)15(18)19/h2-6H,7H2,1H3. The lowest BCUT2D eigenvalue weighted by Gasteiger charge is -2.04. The van der Waals surface area contributed by atoms with Crippen LogP contribution in [0.3, 0.4) is 0 Å². The first-order chi connectivity index (χ1) is 10.9. The van der Waals surface area contributed by atoms with Crippen LogP contribution in [0, 0.1) is 20.2 Å². The Kier molecular flexibility index (Phi) is 4.50. The SMILES string of the molecule is Cn1c([N+](=O)[O-])cnc1COC(=O)Oc1ccc([N+](=O)[O-])cc1. The van der Waals surface area contributed by atoms with E-state index < -0.39 is 16.0 Å². The minimum Gasteiger partial charge on any atom is -0.423 e. The predicted molar refractivity (Wildman–Crippen MR) is 73.8 cm³/mol. The molecule has 0 N–H and O–H groups in total. The van der Waals surface area contributed by atoms with Crippen LogP contribution in [0.2, 0.25) is 0 Å². The van der Waals surface area contributed by atoms with E-state index in [9.17, 15) is 25.0 Å². The summed E-state index contributed by atoms with van der Waals surface area (Å²) in [6, 6.07) is 4.82. The Morgan fingerprint density at radius 1 is 1.22 bits per heavy atom. The molecule has 23 heavy (non-hydrogen) atoms. The lowest BCUT2D eigenvalue weighted by molar-refractivity contribution is -0.391. The van der Waals surface area contributed by atoms with E-state index in [1.807, 2.05) is 0 Å². The minimum atomic E-state index is -1.07. The first-order valence-electron chi connectivity index (χ1n) is 6.12. The molecule has 0 fully saturated rings. The third kappa shape index (κ3) is 3.78. The van der Waals surface area contributed by atoms with Crippen molar-refractivity contribution >= 4 is 17.7 Å². The van der Waals surface area contributed by atoms with Gasteiger partial charge in [-0.15, -0.1) is 0 Å². The number of hydrogen-bond donors (Lipinski definition) is 0. The second kappa shape index (κ2) is 6.51. The number of ether oxygens (including phenoxy) is 2. The van der Waals surface area contributed by atoms with Crippen LogP contribution < -0.4 is 4.74 Å². The topological polar surface area (TPSA) is 140 Å². The van der Waals surface area contributed by atoms with Gasteiger partial charge in [0.25, 0.3) is 5.69 Å². The Bertz CT molecular complexity index is 753. The van der Waals surface area contributed by atoms with Crippen LogP contribution >= 0.6 is 0 Å². The number of benzene rings is 1. The molecule has 0 aliphatic rings. The van der Waals surface area contributed by atoms with Crippen LogP contribution in [-0.2, 0) is 18.4 Å². The van der Waals surface area contributed by atoms with Gasteiger partial charge in [0.05, 0.1) is 12.0 Å². The van der Waals surface area contributed by atoms with E-state index in [1.54, 1.807) is 0 Å². The highest BCUT2D eigenvalue weighted by atomic mass is 16.7. The molecule has 0 amide bonds. The quantitative estimate of drug-likeness (QED) is 0.352. The largest absolute Gasteiger partial charge is 0.514 e. The summed E-state index contributed by atoms with van der Waals surface area (Å²) >= 11 is 0. The van der Waals surface area contributed by atoms with Crippen molar-refractivity contribution < 1.29 is 24.1 Å². The first-order valence-corrected chi connectivity index (χ1v) is 6.12. The number of nitro benzene ring substituents is 1. The summed E-state index contributed by atoms with van der Waals surface area (Å²) in [4.78, 5) is 35.2. The molecule has 11 heteroatoms. The van der Waals surface area contributed by atoms with Crippen molar-refractivity contribution in [1.82, 2.24) is 9.55 Å². The molecule has 11 nitrogen and oxygen atoms in total. The van der Waals surface area contributed by atoms with E-state index in [0.717, 1.165) is 6.20 Å². The molecule has 0 atom stereocenters. The summed E-state index contributed by atoms with van der Waals surface area (Å²) in [5.41, 5.74) is -0.147. The number of nitrogens with zero attached hydrogens (tertiary/aromatic N) is 4. The van der Waals surface area contributed by atoms with Crippen molar-refractivity contribution in [3.8, 4) is 5.75 Å². The van der Waals surface area contributed by atoms with Crippen molar-refractivity contribution in [2.75, 3.05) is 0 Å². The molecule has 0 saturated carbocycles. The number of carbonyl (C=O) groups is 1. The third-order valence-corrected chi connectivity index (χ3v) is 2.81. The normalized spacial score (nSPS) is 10.1. The van der Waals surface area contributed by atoms with Gasteiger partial charge in [-0.25, -0.2) is 14.3 Å². The van der Waals surface area contributed by atoms with Gasteiger partial charge < -0.3 is 19.6 Å². The maximum atomic E-state index is 11.5. The fourth-order valence-corrected chi connectivity index (χ4v) is 1.63. The molecular weight excluding hydrogens is 312 g/mol. The Labute approximate surface area is 128 Å².